The van der Waals surface area contributed by atoms with Crippen LogP contribution in [0.4, 0.5) is 0 Å². The molecule has 0 aromatic heterocycles. The third-order valence-electron chi connectivity index (χ3n) is 5.65. The van der Waals surface area contributed by atoms with E-state index in [-0.39, 0.29) is 0 Å². The molecule has 2 rings (SSSR count). The van der Waals surface area contributed by atoms with Gasteiger partial charge in [0.25, 0.3) is 0 Å². The fourth-order valence-electron chi connectivity index (χ4n) is 4.41. The minimum atomic E-state index is 0.554. The van der Waals surface area contributed by atoms with Crippen LogP contribution in [0, 0.1) is 46.8 Å². The summed E-state index contributed by atoms with van der Waals surface area (Å²) in [7, 11) is 0. The van der Waals surface area contributed by atoms with Gasteiger partial charge in [0.1, 0.15) is 0 Å². The van der Waals surface area contributed by atoms with Gasteiger partial charge in [-0.05, 0) is 41.4 Å². The Hall–Kier alpha value is -0.440. The Kier molecular flexibility index (Phi) is 4.10. The van der Waals surface area contributed by atoms with E-state index in [1.165, 1.54) is 19.3 Å². The number of rotatable bonds is 3. The second-order valence-corrected chi connectivity index (χ2v) is 7.49. The van der Waals surface area contributed by atoms with Crippen molar-refractivity contribution in [3.63, 3.8) is 0 Å². The molecule has 0 aliphatic heterocycles. The van der Waals surface area contributed by atoms with Crippen LogP contribution in [0.5, 0.6) is 0 Å². The van der Waals surface area contributed by atoms with Crippen LogP contribution in [-0.4, -0.2) is 0 Å². The molecule has 18 heavy (non-hydrogen) atoms. The maximum atomic E-state index is 3.45. The predicted octanol–water partition coefficient (Wildman–Crippen LogP) is 5.13. The van der Waals surface area contributed by atoms with Crippen molar-refractivity contribution in [1.82, 2.24) is 0 Å². The van der Waals surface area contributed by atoms with E-state index in [4.69, 9.17) is 0 Å². The number of hydrogen-bond donors (Lipinski definition) is 0. The predicted molar refractivity (Wildman–Crippen MR) is 79.1 cm³/mol. The highest BCUT2D eigenvalue weighted by Gasteiger charge is 2.60. The van der Waals surface area contributed by atoms with Gasteiger partial charge in [-0.25, -0.2) is 0 Å². The van der Waals surface area contributed by atoms with Gasteiger partial charge in [0.2, 0.25) is 0 Å². The van der Waals surface area contributed by atoms with Gasteiger partial charge < -0.3 is 0 Å². The van der Waals surface area contributed by atoms with Crippen LogP contribution in [-0.2, 0) is 0 Å². The maximum absolute atomic E-state index is 3.45. The van der Waals surface area contributed by atoms with Crippen molar-refractivity contribution in [3.05, 3.63) is 0 Å². The van der Waals surface area contributed by atoms with E-state index in [1.807, 2.05) is 0 Å². The zero-order valence-electron chi connectivity index (χ0n) is 12.9. The molecule has 0 spiro atoms. The number of fused-ring (bicyclic) bond motifs is 1. The number of hydrogen-bond acceptors (Lipinski definition) is 0. The molecule has 0 heterocycles. The molecular weight excluding hydrogens is 216 g/mol. The minimum absolute atomic E-state index is 0.554. The molecule has 102 valence electrons. The van der Waals surface area contributed by atoms with E-state index >= 15 is 0 Å². The molecule has 2 aliphatic carbocycles. The molecule has 1 saturated carbocycles. The lowest BCUT2D eigenvalue weighted by Gasteiger charge is -2.27. The molecule has 0 bridgehead atoms. The molecule has 0 aromatic carbocycles. The van der Waals surface area contributed by atoms with Crippen molar-refractivity contribution >= 4 is 0 Å². The first-order valence-corrected chi connectivity index (χ1v) is 7.94. The van der Waals surface area contributed by atoms with Gasteiger partial charge in [-0.15, -0.1) is 11.8 Å². The smallest absolute Gasteiger partial charge is 0.0125 e. The zero-order chi connectivity index (χ0) is 13.3. The quantitative estimate of drug-likeness (QED) is 0.605. The molecule has 0 N–H and O–H groups in total. The second-order valence-electron chi connectivity index (χ2n) is 7.49. The van der Waals surface area contributed by atoms with Crippen molar-refractivity contribution in [3.8, 4) is 11.8 Å². The third-order valence-corrected chi connectivity index (χ3v) is 5.65. The van der Waals surface area contributed by atoms with Gasteiger partial charge in [0.05, 0.1) is 0 Å². The van der Waals surface area contributed by atoms with E-state index < -0.39 is 0 Å². The van der Waals surface area contributed by atoms with Crippen LogP contribution < -0.4 is 0 Å². The summed E-state index contributed by atoms with van der Waals surface area (Å²) in [5.74, 6) is 11.3. The normalized spacial score (nSPS) is 39.4. The van der Waals surface area contributed by atoms with Crippen LogP contribution in [0.25, 0.3) is 0 Å². The van der Waals surface area contributed by atoms with Crippen molar-refractivity contribution in [2.24, 2.45) is 35.0 Å². The molecule has 0 saturated heterocycles. The van der Waals surface area contributed by atoms with E-state index in [0.717, 1.165) is 42.4 Å². The van der Waals surface area contributed by atoms with Gasteiger partial charge in [-0.1, -0.05) is 47.5 Å². The molecule has 1 fully saturated rings. The summed E-state index contributed by atoms with van der Waals surface area (Å²) in [5.41, 5.74) is 0.554. The van der Waals surface area contributed by atoms with Gasteiger partial charge in [0, 0.05) is 12.8 Å². The summed E-state index contributed by atoms with van der Waals surface area (Å²) < 4.78 is 0. The monoisotopic (exact) mass is 246 g/mol. The topological polar surface area (TPSA) is 0 Å². The largest absolute Gasteiger partial charge is 0.103 e. The average Bonchev–Trinajstić information content (AvgIpc) is 2.80. The Morgan fingerprint density at radius 1 is 1.22 bits per heavy atom. The molecule has 0 nitrogen and oxygen atoms in total. The van der Waals surface area contributed by atoms with E-state index in [1.54, 1.807) is 0 Å². The molecule has 0 heteroatoms. The highest BCUT2D eigenvalue weighted by molar-refractivity contribution is 5.15. The summed E-state index contributed by atoms with van der Waals surface area (Å²) >= 11 is 0. The summed E-state index contributed by atoms with van der Waals surface area (Å²) in [6.45, 7) is 12.2. The Morgan fingerprint density at radius 3 is 2.56 bits per heavy atom. The lowest BCUT2D eigenvalue weighted by Crippen LogP contribution is -2.19. The van der Waals surface area contributed by atoms with Crippen LogP contribution >= 0.6 is 0 Å². The Morgan fingerprint density at radius 2 is 1.89 bits per heavy atom. The first-order valence-electron chi connectivity index (χ1n) is 7.94. The Labute approximate surface area is 114 Å². The fraction of sp³-hybridized carbons (Fsp3) is 0.889. The molecule has 2 aliphatic rings. The maximum Gasteiger partial charge on any atom is 0.0125 e. The van der Waals surface area contributed by atoms with Crippen LogP contribution in [0.15, 0.2) is 0 Å². The van der Waals surface area contributed by atoms with E-state index in [0.29, 0.717) is 5.41 Å². The standard InChI is InChI=1S/C18H30/c1-6-9-14(3)15-12-13(2)10-7-8-11-16-17(15)18(16,4)5/h13-17H,6,9-12H2,1-5H3. The van der Waals surface area contributed by atoms with Gasteiger partial charge >= 0.3 is 0 Å². The molecule has 0 radical (unpaired) electrons. The average molecular weight is 246 g/mol. The lowest BCUT2D eigenvalue weighted by molar-refractivity contribution is 0.221. The highest BCUT2D eigenvalue weighted by atomic mass is 14.6. The van der Waals surface area contributed by atoms with Crippen molar-refractivity contribution in [2.45, 2.75) is 66.7 Å². The molecule has 5 unspecified atom stereocenters. The summed E-state index contributed by atoms with van der Waals surface area (Å²) in [6.07, 6.45) is 6.41. The van der Waals surface area contributed by atoms with Gasteiger partial charge in [-0.2, -0.15) is 0 Å². The van der Waals surface area contributed by atoms with Crippen molar-refractivity contribution in [1.29, 1.82) is 0 Å². The third kappa shape index (κ3) is 2.61. The molecular formula is C18H30. The van der Waals surface area contributed by atoms with E-state index in [2.05, 4.69) is 46.5 Å². The fourth-order valence-corrected chi connectivity index (χ4v) is 4.41. The van der Waals surface area contributed by atoms with Crippen molar-refractivity contribution in [2.75, 3.05) is 0 Å². The van der Waals surface area contributed by atoms with Gasteiger partial charge in [0.15, 0.2) is 0 Å². The Bertz CT molecular complexity index is 341. The first kappa shape index (κ1) is 14.0. The second kappa shape index (κ2) is 5.28. The van der Waals surface area contributed by atoms with Crippen LogP contribution in [0.3, 0.4) is 0 Å². The molecule has 5 atom stereocenters. The first-order chi connectivity index (χ1) is 8.48. The Balaban J connectivity index is 2.15. The van der Waals surface area contributed by atoms with E-state index in [9.17, 15) is 0 Å². The summed E-state index contributed by atoms with van der Waals surface area (Å²) in [4.78, 5) is 0. The minimum Gasteiger partial charge on any atom is -0.103 e. The highest BCUT2D eigenvalue weighted by Crippen LogP contribution is 2.65. The molecule has 0 aromatic rings. The van der Waals surface area contributed by atoms with Crippen molar-refractivity contribution < 1.29 is 0 Å². The van der Waals surface area contributed by atoms with Crippen LogP contribution in [0.1, 0.15) is 66.7 Å². The summed E-state index contributed by atoms with van der Waals surface area (Å²) in [5, 5.41) is 0. The summed E-state index contributed by atoms with van der Waals surface area (Å²) in [6, 6.07) is 0. The lowest BCUT2D eigenvalue weighted by atomic mass is 9.77. The van der Waals surface area contributed by atoms with Crippen LogP contribution in [0.2, 0.25) is 0 Å². The zero-order valence-corrected chi connectivity index (χ0v) is 12.9. The molecule has 0 amide bonds. The SMILES string of the molecule is CCCC(C)C1CC(C)CC#CCC2C1C2(C)C. The van der Waals surface area contributed by atoms with Gasteiger partial charge in [-0.3, -0.25) is 0 Å².